The van der Waals surface area contributed by atoms with Crippen LogP contribution >= 0.6 is 7.75 Å². The van der Waals surface area contributed by atoms with Crippen molar-refractivity contribution in [3.63, 3.8) is 0 Å². The van der Waals surface area contributed by atoms with Gasteiger partial charge in [0.15, 0.2) is 5.72 Å². The van der Waals surface area contributed by atoms with Crippen LogP contribution < -0.4 is 9.61 Å². The molecule has 10 nitrogen and oxygen atoms in total. The Balaban J connectivity index is 1.14. The number of nitrogens with one attached hydrogen (secondary N) is 1. The number of carbonyl (C=O) groups excluding carboxylic acids is 1. The first-order valence-corrected chi connectivity index (χ1v) is 18.8. The summed E-state index contributed by atoms with van der Waals surface area (Å²) in [5, 5.41) is 8.68. The van der Waals surface area contributed by atoms with E-state index < -0.39 is 25.5 Å². The van der Waals surface area contributed by atoms with Crippen LogP contribution in [0.4, 0.5) is 0 Å². The topological polar surface area (TPSA) is 132 Å². The zero-order valence-corrected chi connectivity index (χ0v) is 28.8. The molecule has 5 fully saturated rings. The highest BCUT2D eigenvalue weighted by molar-refractivity contribution is 7.52. The molecule has 4 saturated carbocycles. The van der Waals surface area contributed by atoms with Crippen LogP contribution in [0.25, 0.3) is 21.2 Å². The third-order valence-corrected chi connectivity index (χ3v) is 13.2. The van der Waals surface area contributed by atoms with Crippen LogP contribution in [0.2, 0.25) is 0 Å². The number of fused-ring (bicyclic) bond motifs is 1. The molecule has 1 unspecified atom stereocenters. The Morgan fingerprint density at radius 2 is 1.65 bits per heavy atom. The van der Waals surface area contributed by atoms with Crippen molar-refractivity contribution >= 4 is 24.5 Å². The van der Waals surface area contributed by atoms with Crippen LogP contribution in [0.3, 0.4) is 0 Å². The van der Waals surface area contributed by atoms with Crippen molar-refractivity contribution < 1.29 is 27.9 Å². The lowest BCUT2D eigenvalue weighted by molar-refractivity contribution is -0.173. The number of hydrogen-bond acceptors (Lipinski definition) is 7. The van der Waals surface area contributed by atoms with Crippen LogP contribution in [0, 0.1) is 35.0 Å². The fourth-order valence-electron chi connectivity index (χ4n) is 9.52. The van der Waals surface area contributed by atoms with Gasteiger partial charge in [-0.15, -0.1) is 0 Å². The third kappa shape index (κ3) is 6.37. The molecule has 8 rings (SSSR count). The van der Waals surface area contributed by atoms with Gasteiger partial charge in [0.1, 0.15) is 18.4 Å². The lowest BCUT2D eigenvalue weighted by Gasteiger charge is -2.59. The third-order valence-electron chi connectivity index (χ3n) is 11.6. The maximum absolute atomic E-state index is 14.8. The van der Waals surface area contributed by atoms with Crippen molar-refractivity contribution in [1.29, 1.82) is 0 Å². The molecule has 0 spiro atoms. The molecule has 48 heavy (non-hydrogen) atoms. The number of esters is 1. The average Bonchev–Trinajstić information content (AvgIpc) is 3.33. The first-order valence-electron chi connectivity index (χ1n) is 17.3. The molecule has 0 radical (unpaired) electrons. The van der Waals surface area contributed by atoms with E-state index in [1.807, 2.05) is 67.6 Å². The molecule has 11 heteroatoms. The fraction of sp³-hybridized carbons (Fsp3) is 0.541. The van der Waals surface area contributed by atoms with E-state index in [4.69, 9.17) is 18.5 Å². The number of hydrogen-bond donors (Lipinski definition) is 1. The van der Waals surface area contributed by atoms with E-state index in [0.717, 1.165) is 53.4 Å². The van der Waals surface area contributed by atoms with Gasteiger partial charge in [0.05, 0.1) is 12.7 Å². The first kappa shape index (κ1) is 33.1. The highest BCUT2D eigenvalue weighted by Crippen LogP contribution is 2.65. The van der Waals surface area contributed by atoms with Crippen molar-refractivity contribution in [3.05, 3.63) is 88.8 Å². The van der Waals surface area contributed by atoms with E-state index in [1.165, 1.54) is 19.3 Å². The van der Waals surface area contributed by atoms with Crippen LogP contribution in [-0.2, 0) is 30.0 Å². The Labute approximate surface area is 282 Å². The molecule has 4 bridgehead atoms. The number of ether oxygens (including phenoxy) is 2. The summed E-state index contributed by atoms with van der Waals surface area (Å²) >= 11 is 0. The van der Waals surface area contributed by atoms with E-state index in [1.54, 1.807) is 19.1 Å². The molecule has 5 aliphatic rings. The number of rotatable bonds is 12. The highest BCUT2D eigenvalue weighted by Gasteiger charge is 2.62. The minimum atomic E-state index is -4.31. The van der Waals surface area contributed by atoms with Gasteiger partial charge in [-0.25, -0.2) is 4.57 Å². The molecule has 1 saturated heterocycles. The highest BCUT2D eigenvalue weighted by atomic mass is 31.2. The Hall–Kier alpha value is -3.39. The number of azide groups is 1. The molecule has 0 amide bonds. The van der Waals surface area contributed by atoms with Crippen molar-refractivity contribution in [3.8, 4) is 5.75 Å². The normalized spacial score (nSPS) is 33.9. The van der Waals surface area contributed by atoms with Gasteiger partial charge >= 0.3 is 13.7 Å². The SMILES string of the molecule is C[C@H]1[C@H](C23CC4CC(CC(C4)C2)C3)O[C@@](COP(=O)(N[C@@H](C)C(=O)OCc2ccccc2)Oc2cccc3ccccc23)(N=[N+]=[N-])[C@H]1C. The number of nitrogens with zero attached hydrogens (tertiary/aromatic N) is 3. The second-order valence-electron chi connectivity index (χ2n) is 14.8. The van der Waals surface area contributed by atoms with Gasteiger partial charge in [-0.2, -0.15) is 5.09 Å². The maximum Gasteiger partial charge on any atom is 0.459 e. The molecule has 1 N–H and O–H groups in total. The van der Waals surface area contributed by atoms with E-state index >= 15 is 0 Å². The molecule has 3 aromatic carbocycles. The lowest BCUT2D eigenvalue weighted by atomic mass is 9.47. The molecule has 254 valence electrons. The second-order valence-corrected chi connectivity index (χ2v) is 16.5. The standard InChI is InChI=1S/C37H45N4O6P/c1-24-25(2)37(40-41-38,46-34(24)36-19-28-16-29(20-36)18-30(17-28)21-36)23-45-48(43,47-33-15-9-13-31-12-7-8-14-32(31)33)39-26(3)35(42)44-22-27-10-5-4-6-11-27/h4-15,24-26,28-30,34H,16-23H2,1-3H3,(H,39,43)/t24-,25+,26+,28?,29?,30?,34-,36?,37-,48?/m1/s1. The summed E-state index contributed by atoms with van der Waals surface area (Å²) in [6.45, 7) is 5.51. The zero-order valence-electron chi connectivity index (χ0n) is 27.9. The van der Waals surface area contributed by atoms with Gasteiger partial charge in [0.2, 0.25) is 0 Å². The number of carbonyl (C=O) groups is 1. The molecule has 1 aliphatic heterocycles. The predicted molar refractivity (Wildman–Crippen MR) is 183 cm³/mol. The average molecular weight is 673 g/mol. The summed E-state index contributed by atoms with van der Waals surface area (Å²) in [6.07, 6.45) is 7.25. The van der Waals surface area contributed by atoms with Crippen LogP contribution in [0.5, 0.6) is 5.75 Å². The quantitative estimate of drug-likeness (QED) is 0.0668. The van der Waals surface area contributed by atoms with Gasteiger partial charge in [0, 0.05) is 10.3 Å². The predicted octanol–water partition coefficient (Wildman–Crippen LogP) is 8.96. The molecule has 6 atom stereocenters. The Morgan fingerprint density at radius 1 is 1.00 bits per heavy atom. The van der Waals surface area contributed by atoms with Gasteiger partial charge < -0.3 is 14.0 Å². The summed E-state index contributed by atoms with van der Waals surface area (Å²) < 4.78 is 39.6. The maximum atomic E-state index is 14.8. The number of benzene rings is 3. The van der Waals surface area contributed by atoms with Crippen molar-refractivity contribution in [1.82, 2.24) is 5.09 Å². The minimum Gasteiger partial charge on any atom is -0.460 e. The van der Waals surface area contributed by atoms with Gasteiger partial charge in [-0.3, -0.25) is 9.32 Å². The van der Waals surface area contributed by atoms with Crippen LogP contribution in [0.1, 0.15) is 64.9 Å². The molecular formula is C37H45N4O6P. The zero-order chi connectivity index (χ0) is 33.5. The Morgan fingerprint density at radius 3 is 2.33 bits per heavy atom. The molecule has 4 aliphatic carbocycles. The lowest BCUT2D eigenvalue weighted by Crippen LogP contribution is -2.53. The summed E-state index contributed by atoms with van der Waals surface area (Å²) in [6, 6.07) is 21.3. The first-order chi connectivity index (χ1) is 23.1. The molecule has 0 aromatic heterocycles. The summed E-state index contributed by atoms with van der Waals surface area (Å²) in [7, 11) is -4.31. The monoisotopic (exact) mass is 672 g/mol. The van der Waals surface area contributed by atoms with Crippen molar-refractivity contribution in [2.75, 3.05) is 6.61 Å². The van der Waals surface area contributed by atoms with Crippen molar-refractivity contribution in [2.45, 2.75) is 83.8 Å². The Bertz CT molecular complexity index is 1710. The molecular weight excluding hydrogens is 627 g/mol. The summed E-state index contributed by atoms with van der Waals surface area (Å²) in [5.41, 5.74) is 9.29. The second kappa shape index (κ2) is 13.1. The van der Waals surface area contributed by atoms with Crippen molar-refractivity contribution in [2.24, 2.45) is 40.1 Å². The van der Waals surface area contributed by atoms with Crippen LogP contribution in [0.15, 0.2) is 77.9 Å². The fourth-order valence-corrected chi connectivity index (χ4v) is 11.0. The van der Waals surface area contributed by atoms with Crippen LogP contribution in [-0.4, -0.2) is 30.4 Å². The molecule has 1 heterocycles. The van der Waals surface area contributed by atoms with E-state index in [-0.39, 0.29) is 36.6 Å². The molecule has 3 aromatic rings. The van der Waals surface area contributed by atoms with E-state index in [9.17, 15) is 14.9 Å². The summed E-state index contributed by atoms with van der Waals surface area (Å²) in [4.78, 5) is 16.3. The summed E-state index contributed by atoms with van der Waals surface area (Å²) in [5.74, 6) is 1.78. The minimum absolute atomic E-state index is 0.0492. The van der Waals surface area contributed by atoms with Gasteiger partial charge in [-0.1, -0.05) is 85.7 Å². The largest absolute Gasteiger partial charge is 0.460 e. The Kier molecular flexibility index (Phi) is 9.07. The van der Waals surface area contributed by atoms with Gasteiger partial charge in [-0.05, 0) is 103 Å². The van der Waals surface area contributed by atoms with E-state index in [2.05, 4.69) is 22.0 Å². The van der Waals surface area contributed by atoms with E-state index in [0.29, 0.717) is 5.75 Å². The van der Waals surface area contributed by atoms with Gasteiger partial charge in [0.25, 0.3) is 0 Å². The smallest absolute Gasteiger partial charge is 0.459 e.